The van der Waals surface area contributed by atoms with Gasteiger partial charge >= 0.3 is 6.09 Å². The van der Waals surface area contributed by atoms with Crippen molar-refractivity contribution in [3.8, 4) is 0 Å². The van der Waals surface area contributed by atoms with E-state index in [2.05, 4.69) is 4.90 Å². The molecule has 208 valence electrons. The Morgan fingerprint density at radius 1 is 0.946 bits per heavy atom. The minimum Gasteiger partial charge on any atom is -0.448 e. The van der Waals surface area contributed by atoms with Crippen LogP contribution in [-0.2, 0) is 14.8 Å². The predicted molar refractivity (Wildman–Crippen MR) is 139 cm³/mol. The maximum absolute atomic E-state index is 13.6. The first-order chi connectivity index (χ1) is 17.8. The average molecular weight is 562 g/mol. The lowest BCUT2D eigenvalue weighted by atomic mass is 9.94. The summed E-state index contributed by atoms with van der Waals surface area (Å²) in [5.74, 6) is 0. The molecule has 0 bridgehead atoms. The molecule has 2 saturated heterocycles. The highest BCUT2D eigenvalue weighted by atomic mass is 35.5. The second-order valence-electron chi connectivity index (χ2n) is 10.4. The van der Waals surface area contributed by atoms with Crippen LogP contribution >= 0.6 is 11.6 Å². The van der Waals surface area contributed by atoms with Crippen LogP contribution in [0.3, 0.4) is 0 Å². The number of piperidine rings is 1. The van der Waals surface area contributed by atoms with Gasteiger partial charge in [0.1, 0.15) is 6.61 Å². The molecule has 37 heavy (non-hydrogen) atoms. The van der Waals surface area contributed by atoms with Crippen molar-refractivity contribution in [2.45, 2.75) is 93.7 Å². The summed E-state index contributed by atoms with van der Waals surface area (Å²) >= 11 is 5.94. The standard InChI is InChI=1S/C26H38ClF2N3O4S/c27-20-9-12-24(13-10-20)37(34,35)32-22(11-14-25(28)29)7-4-8-23(32)19-36-26(33)31-17-15-30(16-18-31)21-5-2-1-3-6-21/h9-10,12-13,21-23,25H,1-8,11,14-19H2/t22-,23+/m1/s1. The number of rotatable bonds is 8. The van der Waals surface area contributed by atoms with Gasteiger partial charge in [-0.2, -0.15) is 4.31 Å². The first-order valence-corrected chi connectivity index (χ1v) is 15.3. The Labute approximate surface area is 224 Å². The van der Waals surface area contributed by atoms with E-state index in [1.165, 1.54) is 60.7 Å². The summed E-state index contributed by atoms with van der Waals surface area (Å²) in [7, 11) is -4.00. The highest BCUT2D eigenvalue weighted by Crippen LogP contribution is 2.33. The minimum absolute atomic E-state index is 0.0519. The Kier molecular flexibility index (Phi) is 10.1. The van der Waals surface area contributed by atoms with E-state index in [0.717, 1.165) is 13.1 Å². The molecule has 0 unspecified atom stereocenters. The summed E-state index contributed by atoms with van der Waals surface area (Å²) in [5, 5.41) is 0.404. The Bertz CT molecular complexity index is 984. The van der Waals surface area contributed by atoms with E-state index in [4.69, 9.17) is 16.3 Å². The van der Waals surface area contributed by atoms with Gasteiger partial charge in [0.15, 0.2) is 0 Å². The lowest BCUT2D eigenvalue weighted by Gasteiger charge is -2.42. The zero-order chi connectivity index (χ0) is 26.4. The number of halogens is 3. The second kappa shape index (κ2) is 13.0. The van der Waals surface area contributed by atoms with E-state index in [1.54, 1.807) is 4.90 Å². The van der Waals surface area contributed by atoms with E-state index in [1.807, 2.05) is 0 Å². The summed E-state index contributed by atoms with van der Waals surface area (Å²) in [6, 6.07) is 5.25. The minimum atomic E-state index is -4.00. The molecular formula is C26H38ClF2N3O4S. The summed E-state index contributed by atoms with van der Waals surface area (Å²) in [4.78, 5) is 17.1. The Hall–Kier alpha value is -1.49. The normalized spacial score (nSPS) is 24.9. The third-order valence-corrected chi connectivity index (χ3v) is 10.2. The van der Waals surface area contributed by atoms with Crippen LogP contribution in [0.1, 0.15) is 64.2 Å². The number of nitrogens with zero attached hydrogens (tertiary/aromatic N) is 3. The van der Waals surface area contributed by atoms with Crippen LogP contribution in [-0.4, -0.2) is 86.0 Å². The number of alkyl halides is 2. The van der Waals surface area contributed by atoms with Crippen molar-refractivity contribution >= 4 is 27.7 Å². The van der Waals surface area contributed by atoms with Crippen molar-refractivity contribution < 1.29 is 26.7 Å². The maximum atomic E-state index is 13.6. The summed E-state index contributed by atoms with van der Waals surface area (Å²) in [6.07, 6.45) is 4.67. The topological polar surface area (TPSA) is 70.2 Å². The molecule has 1 aromatic carbocycles. The van der Waals surface area contributed by atoms with Crippen LogP contribution in [0.2, 0.25) is 5.02 Å². The third-order valence-electron chi connectivity index (χ3n) is 7.96. The molecule has 1 aromatic rings. The van der Waals surface area contributed by atoms with Crippen LogP contribution in [0.4, 0.5) is 13.6 Å². The molecule has 4 rings (SSSR count). The summed E-state index contributed by atoms with van der Waals surface area (Å²) in [6.45, 7) is 2.71. The number of piperazine rings is 1. The molecule has 1 amide bonds. The highest BCUT2D eigenvalue weighted by Gasteiger charge is 2.41. The van der Waals surface area contributed by atoms with Crippen LogP contribution in [0, 0.1) is 0 Å². The smallest absolute Gasteiger partial charge is 0.409 e. The molecule has 3 fully saturated rings. The van der Waals surface area contributed by atoms with Gasteiger partial charge in [-0.05, 0) is 56.4 Å². The molecule has 0 aromatic heterocycles. The SMILES string of the molecule is O=C(OC[C@@H]1CCC[C@H](CCC(F)F)N1S(=O)(=O)c1ccc(Cl)cc1)N1CCN(C2CCCCC2)CC1. The Morgan fingerprint density at radius 3 is 2.24 bits per heavy atom. The third kappa shape index (κ3) is 7.34. The van der Waals surface area contributed by atoms with Gasteiger partial charge in [0.2, 0.25) is 16.4 Å². The Morgan fingerprint density at radius 2 is 1.59 bits per heavy atom. The van der Waals surface area contributed by atoms with Crippen molar-refractivity contribution in [2.75, 3.05) is 32.8 Å². The quantitative estimate of drug-likeness (QED) is 0.426. The lowest BCUT2D eigenvalue weighted by molar-refractivity contribution is 0.0356. The second-order valence-corrected chi connectivity index (χ2v) is 12.7. The number of amides is 1. The molecule has 0 N–H and O–H groups in total. The zero-order valence-electron chi connectivity index (χ0n) is 21.2. The van der Waals surface area contributed by atoms with Crippen LogP contribution < -0.4 is 0 Å². The molecule has 2 atom stereocenters. The fourth-order valence-electron chi connectivity index (χ4n) is 5.98. The van der Waals surface area contributed by atoms with Gasteiger partial charge in [-0.15, -0.1) is 0 Å². The number of hydrogen-bond donors (Lipinski definition) is 0. The average Bonchev–Trinajstić information content (AvgIpc) is 2.91. The van der Waals surface area contributed by atoms with E-state index in [0.29, 0.717) is 43.4 Å². The van der Waals surface area contributed by atoms with Crippen molar-refractivity contribution in [1.82, 2.24) is 14.1 Å². The van der Waals surface area contributed by atoms with Gasteiger partial charge in [0, 0.05) is 49.7 Å². The largest absolute Gasteiger partial charge is 0.448 e. The van der Waals surface area contributed by atoms with E-state index in [-0.39, 0.29) is 24.3 Å². The van der Waals surface area contributed by atoms with Gasteiger partial charge in [-0.25, -0.2) is 22.0 Å². The molecule has 11 heteroatoms. The summed E-state index contributed by atoms with van der Waals surface area (Å²) in [5.41, 5.74) is 0. The molecule has 1 saturated carbocycles. The molecule has 2 aliphatic heterocycles. The first-order valence-electron chi connectivity index (χ1n) is 13.5. The number of carbonyl (C=O) groups is 1. The van der Waals surface area contributed by atoms with Crippen molar-refractivity contribution in [3.63, 3.8) is 0 Å². The molecular weight excluding hydrogens is 524 g/mol. The van der Waals surface area contributed by atoms with Gasteiger partial charge in [0.05, 0.1) is 10.9 Å². The van der Waals surface area contributed by atoms with E-state index < -0.39 is 34.6 Å². The Balaban J connectivity index is 1.40. The fraction of sp³-hybridized carbons (Fsp3) is 0.731. The predicted octanol–water partition coefficient (Wildman–Crippen LogP) is 5.38. The van der Waals surface area contributed by atoms with Crippen LogP contribution in [0.25, 0.3) is 0 Å². The molecule has 1 aliphatic carbocycles. The van der Waals surface area contributed by atoms with Gasteiger partial charge < -0.3 is 9.64 Å². The number of ether oxygens (including phenoxy) is 1. The highest BCUT2D eigenvalue weighted by molar-refractivity contribution is 7.89. The monoisotopic (exact) mass is 561 g/mol. The van der Waals surface area contributed by atoms with Gasteiger partial charge in [0.25, 0.3) is 0 Å². The molecule has 0 spiro atoms. The van der Waals surface area contributed by atoms with Crippen LogP contribution in [0.15, 0.2) is 29.2 Å². The van der Waals surface area contributed by atoms with E-state index in [9.17, 15) is 22.0 Å². The fourth-order valence-corrected chi connectivity index (χ4v) is 8.00. The number of sulfonamides is 1. The number of benzene rings is 1. The van der Waals surface area contributed by atoms with Crippen molar-refractivity contribution in [1.29, 1.82) is 0 Å². The lowest BCUT2D eigenvalue weighted by Crippen LogP contribution is -2.54. The van der Waals surface area contributed by atoms with E-state index >= 15 is 0 Å². The van der Waals surface area contributed by atoms with Crippen molar-refractivity contribution in [3.05, 3.63) is 29.3 Å². The first kappa shape index (κ1) is 28.5. The maximum Gasteiger partial charge on any atom is 0.409 e. The number of carbonyl (C=O) groups excluding carboxylic acids is 1. The molecule has 7 nitrogen and oxygen atoms in total. The zero-order valence-corrected chi connectivity index (χ0v) is 22.8. The molecule has 2 heterocycles. The molecule has 3 aliphatic rings. The summed E-state index contributed by atoms with van der Waals surface area (Å²) < 4.78 is 60.3. The molecule has 0 radical (unpaired) electrons. The number of hydrogen-bond acceptors (Lipinski definition) is 5. The van der Waals surface area contributed by atoms with Gasteiger partial charge in [-0.3, -0.25) is 4.90 Å². The van der Waals surface area contributed by atoms with Crippen molar-refractivity contribution in [2.24, 2.45) is 0 Å². The van der Waals surface area contributed by atoms with Gasteiger partial charge in [-0.1, -0.05) is 37.3 Å². The van der Waals surface area contributed by atoms with Crippen LogP contribution in [0.5, 0.6) is 0 Å².